The van der Waals surface area contributed by atoms with Crippen LogP contribution in [0.25, 0.3) is 0 Å². The van der Waals surface area contributed by atoms with Crippen LogP contribution in [0.2, 0.25) is 0 Å². The average molecular weight is 529 g/mol. The Balaban J connectivity index is 0.00000392. The second-order valence-electron chi connectivity index (χ2n) is 5.77. The number of rotatable bonds is 6. The molecule has 0 fully saturated rings. The molecule has 6 nitrogen and oxygen atoms in total. The quantitative estimate of drug-likeness (QED) is 0.339. The van der Waals surface area contributed by atoms with Gasteiger partial charge in [-0.2, -0.15) is 13.2 Å². The Morgan fingerprint density at radius 3 is 2.57 bits per heavy atom. The van der Waals surface area contributed by atoms with Crippen molar-refractivity contribution in [1.29, 1.82) is 0 Å². The van der Waals surface area contributed by atoms with Crippen molar-refractivity contribution in [2.24, 2.45) is 4.99 Å². The maximum Gasteiger partial charge on any atom is 0.434 e. The third-order valence-corrected chi connectivity index (χ3v) is 4.78. The van der Waals surface area contributed by atoms with Crippen molar-refractivity contribution in [1.82, 2.24) is 20.6 Å². The number of guanidine groups is 1. The molecule has 2 heterocycles. The maximum absolute atomic E-state index is 12.6. The number of pyridine rings is 1. The molecule has 0 aliphatic heterocycles. The third-order valence-electron chi connectivity index (χ3n) is 3.87. The van der Waals surface area contributed by atoms with Gasteiger partial charge in [0, 0.05) is 42.7 Å². The Labute approximate surface area is 183 Å². The highest BCUT2D eigenvalue weighted by molar-refractivity contribution is 14.0. The van der Waals surface area contributed by atoms with Gasteiger partial charge in [0.2, 0.25) is 0 Å². The minimum Gasteiger partial charge on any atom is -0.496 e. The van der Waals surface area contributed by atoms with Crippen LogP contribution in [-0.4, -0.2) is 36.6 Å². The van der Waals surface area contributed by atoms with E-state index in [2.05, 4.69) is 25.6 Å². The number of aliphatic imine (C=N–C) groups is 1. The van der Waals surface area contributed by atoms with Crippen molar-refractivity contribution in [3.05, 3.63) is 39.1 Å². The Kier molecular flexibility index (Phi) is 9.40. The molecule has 2 rings (SSSR count). The van der Waals surface area contributed by atoms with Crippen LogP contribution in [0, 0.1) is 13.8 Å². The number of hydrogen-bond donors (Lipinski definition) is 2. The van der Waals surface area contributed by atoms with Crippen LogP contribution in [-0.2, 0) is 19.1 Å². The van der Waals surface area contributed by atoms with E-state index in [0.29, 0.717) is 30.5 Å². The van der Waals surface area contributed by atoms with Crippen molar-refractivity contribution >= 4 is 41.3 Å². The number of ether oxygens (including phenoxy) is 1. The first-order chi connectivity index (χ1) is 12.8. The smallest absolute Gasteiger partial charge is 0.434 e. The summed E-state index contributed by atoms with van der Waals surface area (Å²) < 4.78 is 43.1. The van der Waals surface area contributed by atoms with Gasteiger partial charge in [0.1, 0.15) is 5.75 Å². The Morgan fingerprint density at radius 1 is 1.29 bits per heavy atom. The number of nitrogens with zero attached hydrogens (tertiary/aromatic N) is 3. The lowest BCUT2D eigenvalue weighted by molar-refractivity contribution is -0.140. The summed E-state index contributed by atoms with van der Waals surface area (Å²) in [6, 6.07) is 0. The summed E-state index contributed by atoms with van der Waals surface area (Å²) in [5.41, 5.74) is 1.89. The lowest BCUT2D eigenvalue weighted by atomic mass is 10.1. The molecule has 0 bridgehead atoms. The van der Waals surface area contributed by atoms with Crippen LogP contribution in [0.1, 0.15) is 27.5 Å². The summed E-state index contributed by atoms with van der Waals surface area (Å²) in [4.78, 5) is 12.1. The Hall–Kier alpha value is -1.63. The maximum atomic E-state index is 12.6. The molecular formula is C17H23F3IN5OS. The minimum absolute atomic E-state index is 0. The lowest BCUT2D eigenvalue weighted by Crippen LogP contribution is -2.38. The number of methoxy groups -OCH3 is 1. The number of thiazole rings is 1. The number of alkyl halides is 3. The van der Waals surface area contributed by atoms with Crippen LogP contribution in [0.15, 0.2) is 16.6 Å². The van der Waals surface area contributed by atoms with Gasteiger partial charge in [-0.05, 0) is 13.8 Å². The molecule has 0 unspecified atom stereocenters. The molecule has 0 atom stereocenters. The molecular weight excluding hydrogens is 506 g/mol. The predicted octanol–water partition coefficient (Wildman–Crippen LogP) is 3.71. The van der Waals surface area contributed by atoms with Crippen molar-refractivity contribution in [3.63, 3.8) is 0 Å². The molecule has 0 radical (unpaired) electrons. The molecule has 0 saturated heterocycles. The molecule has 0 saturated carbocycles. The topological polar surface area (TPSA) is 71.4 Å². The molecule has 28 heavy (non-hydrogen) atoms. The first-order valence-corrected chi connectivity index (χ1v) is 9.09. The Morgan fingerprint density at radius 2 is 2.00 bits per heavy atom. The molecule has 0 amide bonds. The van der Waals surface area contributed by atoms with E-state index < -0.39 is 11.9 Å². The van der Waals surface area contributed by atoms with Gasteiger partial charge in [-0.25, -0.2) is 4.98 Å². The highest BCUT2D eigenvalue weighted by atomic mass is 127. The van der Waals surface area contributed by atoms with Crippen molar-refractivity contribution < 1.29 is 17.9 Å². The number of nitrogens with one attached hydrogen (secondary N) is 2. The summed E-state index contributed by atoms with van der Waals surface area (Å²) in [7, 11) is 3.24. The number of halogens is 4. The predicted molar refractivity (Wildman–Crippen MR) is 115 cm³/mol. The largest absolute Gasteiger partial charge is 0.496 e. The minimum atomic E-state index is -4.40. The molecule has 0 spiro atoms. The average Bonchev–Trinajstić information content (AvgIpc) is 3.09. The number of aryl methyl sites for hydroxylation is 1. The van der Waals surface area contributed by atoms with Gasteiger partial charge in [-0.15, -0.1) is 35.3 Å². The fourth-order valence-electron chi connectivity index (χ4n) is 2.48. The normalized spacial score (nSPS) is 11.8. The van der Waals surface area contributed by atoms with Crippen LogP contribution < -0.4 is 15.4 Å². The molecule has 2 N–H and O–H groups in total. The van der Waals surface area contributed by atoms with Gasteiger partial charge in [-0.1, -0.05) is 0 Å². The fraction of sp³-hybridized carbons (Fsp3) is 0.471. The van der Waals surface area contributed by atoms with Crippen LogP contribution in [0.4, 0.5) is 13.2 Å². The van der Waals surface area contributed by atoms with Crippen molar-refractivity contribution in [2.75, 3.05) is 20.7 Å². The zero-order valence-corrected chi connectivity index (χ0v) is 19.1. The van der Waals surface area contributed by atoms with Gasteiger partial charge in [0.25, 0.3) is 0 Å². The first kappa shape index (κ1) is 24.4. The monoisotopic (exact) mass is 529 g/mol. The lowest BCUT2D eigenvalue weighted by Gasteiger charge is -2.15. The number of aromatic nitrogens is 2. The van der Waals surface area contributed by atoms with Gasteiger partial charge >= 0.3 is 6.18 Å². The fourth-order valence-corrected chi connectivity index (χ4v) is 3.29. The summed E-state index contributed by atoms with van der Waals surface area (Å²) in [6.07, 6.45) is -2.28. The molecule has 2 aromatic rings. The summed E-state index contributed by atoms with van der Waals surface area (Å²) in [6.45, 7) is 4.72. The molecule has 0 aliphatic carbocycles. The zero-order valence-electron chi connectivity index (χ0n) is 16.0. The standard InChI is InChI=1S/C17H22F3N5OS.HI/c1-10-7-23-12(11(2)15(10)26-4)8-24-16(21-3)22-6-5-14-25-13(9-27-14)17(18,19)20;/h7,9H,5-6,8H2,1-4H3,(H2,21,22,24);1H. The van der Waals surface area contributed by atoms with Gasteiger partial charge < -0.3 is 15.4 Å². The highest BCUT2D eigenvalue weighted by Gasteiger charge is 2.33. The van der Waals surface area contributed by atoms with Gasteiger partial charge in [0.15, 0.2) is 11.7 Å². The Bertz CT molecular complexity index is 811. The van der Waals surface area contributed by atoms with E-state index in [1.165, 1.54) is 0 Å². The van der Waals surface area contributed by atoms with Crippen molar-refractivity contribution in [3.8, 4) is 5.75 Å². The van der Waals surface area contributed by atoms with E-state index in [4.69, 9.17) is 4.74 Å². The van der Waals surface area contributed by atoms with Crippen LogP contribution in [0.3, 0.4) is 0 Å². The van der Waals surface area contributed by atoms with Gasteiger partial charge in [0.05, 0.1) is 24.4 Å². The number of hydrogen-bond acceptors (Lipinski definition) is 5. The molecule has 156 valence electrons. The van der Waals surface area contributed by atoms with E-state index in [1.54, 1.807) is 20.4 Å². The van der Waals surface area contributed by atoms with E-state index in [1.807, 2.05) is 13.8 Å². The van der Waals surface area contributed by atoms with Gasteiger partial charge in [-0.3, -0.25) is 9.98 Å². The molecule has 2 aromatic heterocycles. The SMILES string of the molecule is CN=C(NCCc1nc(C(F)(F)F)cs1)NCc1ncc(C)c(OC)c1C.I. The first-order valence-electron chi connectivity index (χ1n) is 8.21. The zero-order chi connectivity index (χ0) is 20.0. The van der Waals surface area contributed by atoms with E-state index in [-0.39, 0.29) is 24.0 Å². The van der Waals surface area contributed by atoms with E-state index in [0.717, 1.165) is 39.3 Å². The van der Waals surface area contributed by atoms with E-state index >= 15 is 0 Å². The molecule has 0 aromatic carbocycles. The molecule has 0 aliphatic rings. The second kappa shape index (κ2) is 10.8. The highest BCUT2D eigenvalue weighted by Crippen LogP contribution is 2.30. The van der Waals surface area contributed by atoms with Crippen LogP contribution >= 0.6 is 35.3 Å². The third kappa shape index (κ3) is 6.47. The summed E-state index contributed by atoms with van der Waals surface area (Å²) >= 11 is 0.998. The van der Waals surface area contributed by atoms with E-state index in [9.17, 15) is 13.2 Å². The second-order valence-corrected chi connectivity index (χ2v) is 6.72. The summed E-state index contributed by atoms with van der Waals surface area (Å²) in [5, 5.41) is 7.65. The summed E-state index contributed by atoms with van der Waals surface area (Å²) in [5.74, 6) is 1.33. The van der Waals surface area contributed by atoms with Crippen molar-refractivity contribution in [2.45, 2.75) is 33.0 Å². The molecule has 11 heteroatoms. The van der Waals surface area contributed by atoms with Crippen LogP contribution in [0.5, 0.6) is 5.75 Å².